The third-order valence-electron chi connectivity index (χ3n) is 2.49. The fraction of sp³-hybridized carbons (Fsp3) is 0. The first-order chi connectivity index (χ1) is 8.91. The van der Waals surface area contributed by atoms with Gasteiger partial charge in [0, 0.05) is 23.3 Å². The van der Waals surface area contributed by atoms with Crippen LogP contribution in [0.5, 0.6) is 0 Å². The van der Waals surface area contributed by atoms with Gasteiger partial charge in [-0.15, -0.1) is 0 Å². The quantitative estimate of drug-likeness (QED) is 0.424. The molecule has 0 heterocycles. The molecule has 2 rings (SSSR count). The van der Waals surface area contributed by atoms with Crippen LogP contribution in [-0.4, -0.2) is 4.92 Å². The molecule has 3 nitrogen and oxygen atoms in total. The molecule has 0 fully saturated rings. The van der Waals surface area contributed by atoms with Crippen LogP contribution < -0.4 is 0 Å². The zero-order valence-electron chi connectivity index (χ0n) is 9.16. The molecule has 0 amide bonds. The molecule has 0 unspecified atom stereocenters. The van der Waals surface area contributed by atoms with Gasteiger partial charge in [0.2, 0.25) is 0 Å². The first-order valence-corrected chi connectivity index (χ1v) is 6.13. The first kappa shape index (κ1) is 14.1. The smallest absolute Gasteiger partial charge is 0.258 e. The molecular formula is C12H5Cl3FNO2. The van der Waals surface area contributed by atoms with Crippen molar-refractivity contribution in [2.24, 2.45) is 0 Å². The predicted octanol–water partition coefficient (Wildman–Crippen LogP) is 5.36. The molecule has 7 heteroatoms. The van der Waals surface area contributed by atoms with Crippen molar-refractivity contribution >= 4 is 40.5 Å². The van der Waals surface area contributed by atoms with E-state index in [1.165, 1.54) is 12.1 Å². The summed E-state index contributed by atoms with van der Waals surface area (Å²) in [7, 11) is 0. The van der Waals surface area contributed by atoms with Crippen LogP contribution in [0.25, 0.3) is 11.1 Å². The number of halogens is 4. The van der Waals surface area contributed by atoms with Crippen LogP contribution in [0.1, 0.15) is 0 Å². The van der Waals surface area contributed by atoms with Crippen molar-refractivity contribution in [1.29, 1.82) is 0 Å². The molecule has 0 atom stereocenters. The highest BCUT2D eigenvalue weighted by Gasteiger charge is 2.17. The molecule has 0 radical (unpaired) electrons. The van der Waals surface area contributed by atoms with Crippen LogP contribution in [0.4, 0.5) is 10.1 Å². The number of hydrogen-bond acceptors (Lipinski definition) is 2. The van der Waals surface area contributed by atoms with E-state index >= 15 is 0 Å². The van der Waals surface area contributed by atoms with Crippen molar-refractivity contribution in [1.82, 2.24) is 0 Å². The molecule has 0 aliphatic rings. The van der Waals surface area contributed by atoms with E-state index < -0.39 is 10.7 Å². The van der Waals surface area contributed by atoms with E-state index in [9.17, 15) is 14.5 Å². The number of non-ortho nitro benzene ring substituents is 1. The van der Waals surface area contributed by atoms with Crippen molar-refractivity contribution in [2.75, 3.05) is 0 Å². The summed E-state index contributed by atoms with van der Waals surface area (Å²) in [6, 6.07) is 6.08. The highest BCUT2D eigenvalue weighted by Crippen LogP contribution is 2.39. The Morgan fingerprint density at radius 3 is 2.32 bits per heavy atom. The van der Waals surface area contributed by atoms with Gasteiger partial charge >= 0.3 is 0 Å². The van der Waals surface area contributed by atoms with Gasteiger partial charge in [-0.3, -0.25) is 10.1 Å². The molecule has 0 spiro atoms. The van der Waals surface area contributed by atoms with E-state index in [-0.39, 0.29) is 31.9 Å². The van der Waals surface area contributed by atoms with Gasteiger partial charge in [0.05, 0.1) is 20.0 Å². The van der Waals surface area contributed by atoms with Gasteiger partial charge in [-0.05, 0) is 12.1 Å². The molecule has 0 aliphatic carbocycles. The normalized spacial score (nSPS) is 10.5. The van der Waals surface area contributed by atoms with Crippen molar-refractivity contribution in [3.8, 4) is 11.1 Å². The lowest BCUT2D eigenvalue weighted by Crippen LogP contribution is -1.92. The van der Waals surface area contributed by atoms with E-state index in [4.69, 9.17) is 34.8 Å². The monoisotopic (exact) mass is 319 g/mol. The average Bonchev–Trinajstić information content (AvgIpc) is 2.37. The van der Waals surface area contributed by atoms with E-state index in [1.807, 2.05) is 0 Å². The van der Waals surface area contributed by atoms with Crippen LogP contribution in [0.3, 0.4) is 0 Å². The zero-order valence-corrected chi connectivity index (χ0v) is 11.4. The summed E-state index contributed by atoms with van der Waals surface area (Å²) < 4.78 is 13.8. The molecule has 0 saturated heterocycles. The van der Waals surface area contributed by atoms with E-state index in [0.717, 1.165) is 18.2 Å². The summed E-state index contributed by atoms with van der Waals surface area (Å²) >= 11 is 17.6. The minimum atomic E-state index is -0.633. The van der Waals surface area contributed by atoms with Gasteiger partial charge in [-0.25, -0.2) is 4.39 Å². The maximum Gasteiger partial charge on any atom is 0.270 e. The lowest BCUT2D eigenvalue weighted by molar-refractivity contribution is -0.384. The number of benzene rings is 2. The second-order valence-electron chi connectivity index (χ2n) is 3.64. The van der Waals surface area contributed by atoms with E-state index in [2.05, 4.69) is 0 Å². The number of nitro benzene ring substituents is 1. The number of rotatable bonds is 2. The lowest BCUT2D eigenvalue weighted by atomic mass is 10.0. The fourth-order valence-corrected chi connectivity index (χ4v) is 2.20. The number of nitrogens with zero attached hydrogens (tertiary/aromatic N) is 1. The Morgan fingerprint density at radius 2 is 1.68 bits per heavy atom. The predicted molar refractivity (Wildman–Crippen MR) is 73.5 cm³/mol. The van der Waals surface area contributed by atoms with Crippen LogP contribution in [0.15, 0.2) is 30.3 Å². The standard InChI is InChI=1S/C12H5Cl3FNO2/c13-9-3-2-7(11(14)12(9)15)8-5-6(17(18)19)1-4-10(8)16/h1-5H. The van der Waals surface area contributed by atoms with Crippen molar-refractivity contribution in [2.45, 2.75) is 0 Å². The summed E-state index contributed by atoms with van der Waals surface area (Å²) in [4.78, 5) is 10.1. The summed E-state index contributed by atoms with van der Waals surface area (Å²) in [5, 5.41) is 11.1. The lowest BCUT2D eigenvalue weighted by Gasteiger charge is -2.08. The molecule has 0 N–H and O–H groups in total. The minimum Gasteiger partial charge on any atom is -0.258 e. The molecule has 0 aliphatic heterocycles. The van der Waals surface area contributed by atoms with Gasteiger partial charge in [0.1, 0.15) is 5.82 Å². The largest absolute Gasteiger partial charge is 0.270 e. The minimum absolute atomic E-state index is 0.00207. The molecular weight excluding hydrogens is 315 g/mol. The Balaban J connectivity index is 2.68. The first-order valence-electron chi connectivity index (χ1n) is 4.99. The molecule has 2 aromatic carbocycles. The SMILES string of the molecule is O=[N+]([O-])c1ccc(F)c(-c2ccc(Cl)c(Cl)c2Cl)c1. The Labute approximate surface area is 122 Å². The number of nitro groups is 1. The molecule has 0 saturated carbocycles. The van der Waals surface area contributed by atoms with Crippen LogP contribution >= 0.6 is 34.8 Å². The molecule has 0 aromatic heterocycles. The third-order valence-corrected chi connectivity index (χ3v) is 3.78. The average molecular weight is 321 g/mol. The molecule has 2 aromatic rings. The highest BCUT2D eigenvalue weighted by atomic mass is 35.5. The molecule has 98 valence electrons. The summed E-state index contributed by atoms with van der Waals surface area (Å²) in [6.07, 6.45) is 0. The van der Waals surface area contributed by atoms with Gasteiger partial charge in [0.25, 0.3) is 5.69 Å². The second kappa shape index (κ2) is 5.33. The Kier molecular flexibility index (Phi) is 3.94. The maximum absolute atomic E-state index is 13.8. The van der Waals surface area contributed by atoms with E-state index in [0.29, 0.717) is 0 Å². The number of hydrogen-bond donors (Lipinski definition) is 0. The Morgan fingerprint density at radius 1 is 1.00 bits per heavy atom. The van der Waals surface area contributed by atoms with Crippen molar-refractivity contribution < 1.29 is 9.31 Å². The third kappa shape index (κ3) is 2.66. The van der Waals surface area contributed by atoms with Crippen molar-refractivity contribution in [3.63, 3.8) is 0 Å². The van der Waals surface area contributed by atoms with Gasteiger partial charge in [-0.1, -0.05) is 40.9 Å². The Bertz CT molecular complexity index is 676. The van der Waals surface area contributed by atoms with Crippen LogP contribution in [-0.2, 0) is 0 Å². The van der Waals surface area contributed by atoms with Gasteiger partial charge < -0.3 is 0 Å². The van der Waals surface area contributed by atoms with Crippen LogP contribution in [0.2, 0.25) is 15.1 Å². The topological polar surface area (TPSA) is 43.1 Å². The summed E-state index contributed by atoms with van der Waals surface area (Å²) in [6.45, 7) is 0. The van der Waals surface area contributed by atoms with Crippen LogP contribution in [0, 0.1) is 15.9 Å². The van der Waals surface area contributed by atoms with Gasteiger partial charge in [-0.2, -0.15) is 0 Å². The molecule has 0 bridgehead atoms. The fourth-order valence-electron chi connectivity index (χ4n) is 1.57. The summed E-state index contributed by atoms with van der Waals surface area (Å²) in [5.41, 5.74) is 0.00794. The summed E-state index contributed by atoms with van der Waals surface area (Å²) in [5.74, 6) is -0.633. The zero-order chi connectivity index (χ0) is 14.2. The molecule has 19 heavy (non-hydrogen) atoms. The highest BCUT2D eigenvalue weighted by molar-refractivity contribution is 6.49. The van der Waals surface area contributed by atoms with Gasteiger partial charge in [0.15, 0.2) is 0 Å². The maximum atomic E-state index is 13.8. The second-order valence-corrected chi connectivity index (χ2v) is 4.81. The van der Waals surface area contributed by atoms with Crippen molar-refractivity contribution in [3.05, 3.63) is 61.3 Å². The Hall–Kier alpha value is -1.36. The van der Waals surface area contributed by atoms with E-state index in [1.54, 1.807) is 0 Å².